The molecule has 0 aliphatic heterocycles. The molecule has 2 aliphatic carbocycles. The Bertz CT molecular complexity index is 816. The molecule has 2 atom stereocenters. The predicted molar refractivity (Wildman–Crippen MR) is 99.9 cm³/mol. The molecule has 25 heavy (non-hydrogen) atoms. The molecular weight excluding hydrogens is 332 g/mol. The van der Waals surface area contributed by atoms with Gasteiger partial charge in [-0.25, -0.2) is 0 Å². The third-order valence-corrected chi connectivity index (χ3v) is 6.07. The normalized spacial score (nSPS) is 25.4. The highest BCUT2D eigenvalue weighted by Crippen LogP contribution is 2.44. The SMILES string of the molecule is CCc1cc(-c2ccc(Cl)cc2)ccc1C1C(=O)C2CCC(C2)C1=O. The molecule has 0 aromatic heterocycles. The average molecular weight is 353 g/mol. The first-order valence-corrected chi connectivity index (χ1v) is 9.42. The second-order valence-corrected chi connectivity index (χ2v) is 7.66. The lowest BCUT2D eigenvalue weighted by atomic mass is 9.74. The van der Waals surface area contributed by atoms with Crippen molar-refractivity contribution in [3.05, 3.63) is 58.6 Å². The summed E-state index contributed by atoms with van der Waals surface area (Å²) in [6.07, 6.45) is 3.35. The fraction of sp³-hybridized carbons (Fsp3) is 0.364. The van der Waals surface area contributed by atoms with Crippen LogP contribution >= 0.6 is 11.6 Å². The molecule has 0 spiro atoms. The summed E-state index contributed by atoms with van der Waals surface area (Å²) in [5.41, 5.74) is 4.20. The minimum atomic E-state index is -0.541. The van der Waals surface area contributed by atoms with Gasteiger partial charge in [0.2, 0.25) is 0 Å². The van der Waals surface area contributed by atoms with Crippen molar-refractivity contribution in [2.75, 3.05) is 0 Å². The fourth-order valence-corrected chi connectivity index (χ4v) is 4.56. The number of halogens is 1. The van der Waals surface area contributed by atoms with E-state index in [0.29, 0.717) is 5.02 Å². The van der Waals surface area contributed by atoms with E-state index in [4.69, 9.17) is 11.6 Å². The molecule has 0 saturated heterocycles. The number of fused-ring (bicyclic) bond motifs is 2. The number of hydrogen-bond acceptors (Lipinski definition) is 2. The number of rotatable bonds is 3. The molecule has 2 aromatic rings. The third kappa shape index (κ3) is 2.83. The first-order valence-electron chi connectivity index (χ1n) is 9.04. The van der Waals surface area contributed by atoms with Crippen LogP contribution in [0.1, 0.15) is 43.2 Å². The number of ketones is 2. The van der Waals surface area contributed by atoms with Gasteiger partial charge in [0.25, 0.3) is 0 Å². The summed E-state index contributed by atoms with van der Waals surface area (Å²) in [6.45, 7) is 2.08. The predicted octanol–water partition coefficient (Wildman–Crippen LogP) is 5.22. The molecule has 2 aromatic carbocycles. The van der Waals surface area contributed by atoms with Crippen LogP contribution in [0.25, 0.3) is 11.1 Å². The number of carbonyl (C=O) groups is 2. The molecule has 128 valence electrons. The first kappa shape index (κ1) is 16.5. The lowest BCUT2D eigenvalue weighted by Gasteiger charge is -2.27. The summed E-state index contributed by atoms with van der Waals surface area (Å²) < 4.78 is 0. The van der Waals surface area contributed by atoms with Crippen LogP contribution in [0.5, 0.6) is 0 Å². The molecule has 0 heterocycles. The highest BCUT2D eigenvalue weighted by Gasteiger charge is 2.47. The standard InChI is InChI=1S/C22H21ClO2/c1-2-13-11-15(14-5-8-18(23)9-6-14)7-10-19(13)20-21(24)16-3-4-17(12-16)22(20)25/h5-11,16-17,20H,2-4,12H2,1H3. The second kappa shape index (κ2) is 6.42. The van der Waals surface area contributed by atoms with E-state index in [9.17, 15) is 9.59 Å². The molecule has 2 bridgehead atoms. The Morgan fingerprint density at radius 2 is 1.52 bits per heavy atom. The van der Waals surface area contributed by atoms with Crippen molar-refractivity contribution >= 4 is 23.2 Å². The molecule has 3 heteroatoms. The highest BCUT2D eigenvalue weighted by atomic mass is 35.5. The van der Waals surface area contributed by atoms with Crippen molar-refractivity contribution in [1.29, 1.82) is 0 Å². The molecule has 2 nitrogen and oxygen atoms in total. The smallest absolute Gasteiger partial charge is 0.150 e. The number of aryl methyl sites for hydroxylation is 1. The highest BCUT2D eigenvalue weighted by molar-refractivity contribution is 6.30. The lowest BCUT2D eigenvalue weighted by molar-refractivity contribution is -0.135. The summed E-state index contributed by atoms with van der Waals surface area (Å²) in [5, 5.41) is 0.713. The van der Waals surface area contributed by atoms with Crippen LogP contribution in [0, 0.1) is 11.8 Å². The van der Waals surface area contributed by atoms with Crippen LogP contribution in [0.15, 0.2) is 42.5 Å². The number of carbonyl (C=O) groups excluding carboxylic acids is 2. The Morgan fingerprint density at radius 3 is 2.12 bits per heavy atom. The second-order valence-electron chi connectivity index (χ2n) is 7.22. The molecule has 2 fully saturated rings. The quantitative estimate of drug-likeness (QED) is 0.709. The number of hydrogen-bond donors (Lipinski definition) is 0. The van der Waals surface area contributed by atoms with E-state index in [1.54, 1.807) is 0 Å². The molecule has 0 amide bonds. The lowest BCUT2D eigenvalue weighted by Crippen LogP contribution is -2.35. The molecule has 0 N–H and O–H groups in total. The van der Waals surface area contributed by atoms with Crippen LogP contribution in [0.3, 0.4) is 0 Å². The topological polar surface area (TPSA) is 34.1 Å². The Balaban J connectivity index is 1.74. The molecule has 2 unspecified atom stereocenters. The third-order valence-electron chi connectivity index (χ3n) is 5.82. The monoisotopic (exact) mass is 352 g/mol. The van der Waals surface area contributed by atoms with Crippen molar-refractivity contribution in [3.8, 4) is 11.1 Å². The molecule has 2 aliphatic rings. The van der Waals surface area contributed by atoms with E-state index in [2.05, 4.69) is 13.0 Å². The van der Waals surface area contributed by atoms with Gasteiger partial charge in [0.05, 0.1) is 0 Å². The van der Waals surface area contributed by atoms with Crippen molar-refractivity contribution in [3.63, 3.8) is 0 Å². The molecule has 4 rings (SSSR count). The zero-order valence-electron chi connectivity index (χ0n) is 14.3. The van der Waals surface area contributed by atoms with Gasteiger partial charge in [-0.3, -0.25) is 9.59 Å². The van der Waals surface area contributed by atoms with Gasteiger partial charge in [0.15, 0.2) is 11.6 Å². The van der Waals surface area contributed by atoms with E-state index in [0.717, 1.165) is 47.9 Å². The van der Waals surface area contributed by atoms with Gasteiger partial charge in [-0.15, -0.1) is 0 Å². The molecule has 0 radical (unpaired) electrons. The van der Waals surface area contributed by atoms with E-state index in [1.165, 1.54) is 0 Å². The largest absolute Gasteiger partial charge is 0.298 e. The summed E-state index contributed by atoms with van der Waals surface area (Å²) in [4.78, 5) is 25.6. The number of Topliss-reactive ketones (excluding diaryl/α,β-unsaturated/α-hetero) is 2. The van der Waals surface area contributed by atoms with Gasteiger partial charge in [0, 0.05) is 16.9 Å². The summed E-state index contributed by atoms with van der Waals surface area (Å²) in [7, 11) is 0. The van der Waals surface area contributed by atoms with E-state index < -0.39 is 5.92 Å². The van der Waals surface area contributed by atoms with Crippen LogP contribution in [-0.4, -0.2) is 11.6 Å². The Hall–Kier alpha value is -1.93. The maximum absolute atomic E-state index is 12.8. The summed E-state index contributed by atoms with van der Waals surface area (Å²) in [6, 6.07) is 13.9. The van der Waals surface area contributed by atoms with Crippen LogP contribution in [-0.2, 0) is 16.0 Å². The van der Waals surface area contributed by atoms with Crippen molar-refractivity contribution < 1.29 is 9.59 Å². The maximum Gasteiger partial charge on any atom is 0.150 e. The van der Waals surface area contributed by atoms with Gasteiger partial charge >= 0.3 is 0 Å². The van der Waals surface area contributed by atoms with Crippen LogP contribution in [0.4, 0.5) is 0 Å². The number of benzene rings is 2. The van der Waals surface area contributed by atoms with Gasteiger partial charge in [-0.1, -0.05) is 48.9 Å². The Kier molecular flexibility index (Phi) is 4.24. The van der Waals surface area contributed by atoms with E-state index in [1.807, 2.05) is 36.4 Å². The van der Waals surface area contributed by atoms with E-state index >= 15 is 0 Å². The zero-order chi connectivity index (χ0) is 17.6. The van der Waals surface area contributed by atoms with Crippen molar-refractivity contribution in [1.82, 2.24) is 0 Å². The Labute approximate surface area is 153 Å². The molecular formula is C22H21ClO2. The van der Waals surface area contributed by atoms with Gasteiger partial charge in [0.1, 0.15) is 5.92 Å². The van der Waals surface area contributed by atoms with Crippen LogP contribution in [0.2, 0.25) is 5.02 Å². The average Bonchev–Trinajstić information content (AvgIpc) is 3.08. The van der Waals surface area contributed by atoms with E-state index in [-0.39, 0.29) is 23.4 Å². The van der Waals surface area contributed by atoms with Crippen LogP contribution < -0.4 is 0 Å². The summed E-state index contributed by atoms with van der Waals surface area (Å²) in [5.74, 6) is -0.0671. The van der Waals surface area contributed by atoms with Gasteiger partial charge in [-0.05, 0) is 60.1 Å². The fourth-order valence-electron chi connectivity index (χ4n) is 4.43. The van der Waals surface area contributed by atoms with Gasteiger partial charge in [-0.2, -0.15) is 0 Å². The Morgan fingerprint density at radius 1 is 0.920 bits per heavy atom. The molecule has 2 saturated carbocycles. The van der Waals surface area contributed by atoms with Crippen molar-refractivity contribution in [2.24, 2.45) is 11.8 Å². The first-order chi connectivity index (χ1) is 12.1. The maximum atomic E-state index is 12.8. The van der Waals surface area contributed by atoms with Gasteiger partial charge < -0.3 is 0 Å². The van der Waals surface area contributed by atoms with Crippen molar-refractivity contribution in [2.45, 2.75) is 38.5 Å². The minimum absolute atomic E-state index is 0.0911. The zero-order valence-corrected chi connectivity index (χ0v) is 15.1. The minimum Gasteiger partial charge on any atom is -0.298 e. The summed E-state index contributed by atoms with van der Waals surface area (Å²) >= 11 is 5.97.